The third kappa shape index (κ3) is 4.41. The monoisotopic (exact) mass is 436 g/mol. The third-order valence-electron chi connectivity index (χ3n) is 5.14. The number of anilines is 1. The summed E-state index contributed by atoms with van der Waals surface area (Å²) in [5.41, 5.74) is 7.21. The molecule has 0 bridgehead atoms. The summed E-state index contributed by atoms with van der Waals surface area (Å²) in [5.74, 6) is 5.76. The lowest BCUT2D eigenvalue weighted by molar-refractivity contribution is 0.0528. The van der Waals surface area contributed by atoms with Gasteiger partial charge in [-0.2, -0.15) is 5.10 Å². The number of ether oxygens (including phenoxy) is 1. The van der Waals surface area contributed by atoms with Gasteiger partial charge in [0.15, 0.2) is 5.65 Å². The second-order valence-corrected chi connectivity index (χ2v) is 8.25. The van der Waals surface area contributed by atoms with E-state index in [2.05, 4.69) is 31.8 Å². The fourth-order valence-electron chi connectivity index (χ4n) is 3.77. The molecule has 0 unspecified atom stereocenters. The Labute approximate surface area is 185 Å². The first kappa shape index (κ1) is 21.7. The summed E-state index contributed by atoms with van der Waals surface area (Å²) in [5, 5.41) is 4.19. The average Bonchev–Trinajstić information content (AvgIpc) is 3.39. The number of nitrogens with two attached hydrogens (primary N) is 1. The van der Waals surface area contributed by atoms with Crippen LogP contribution in [0.5, 0.6) is 0 Å². The summed E-state index contributed by atoms with van der Waals surface area (Å²) < 4.78 is 20.8. The molecule has 1 atom stereocenters. The first-order valence-corrected chi connectivity index (χ1v) is 10.5. The van der Waals surface area contributed by atoms with Crippen molar-refractivity contribution in [2.24, 2.45) is 5.73 Å². The van der Waals surface area contributed by atoms with Gasteiger partial charge in [-0.1, -0.05) is 5.92 Å². The standard InChI is InChI=1S/C23H25FN6O2/c1-4-32-22(31)17-14-27-30-11-8-20(28-21(17)30)29-10-5-6-19(29)16-12-15(24)13-26-18(16)7-9-23(2,3)25/h8,11-14,19H,4-6,10,25H2,1-3H3/t19-/m1/s1. The van der Waals surface area contributed by atoms with Gasteiger partial charge in [-0.3, -0.25) is 0 Å². The van der Waals surface area contributed by atoms with Crippen molar-refractivity contribution in [3.63, 3.8) is 0 Å². The van der Waals surface area contributed by atoms with Gasteiger partial charge in [-0.25, -0.2) is 23.7 Å². The Morgan fingerprint density at radius 3 is 2.97 bits per heavy atom. The molecule has 32 heavy (non-hydrogen) atoms. The fourth-order valence-corrected chi connectivity index (χ4v) is 3.77. The minimum Gasteiger partial charge on any atom is -0.462 e. The summed E-state index contributed by atoms with van der Waals surface area (Å²) >= 11 is 0. The quantitative estimate of drug-likeness (QED) is 0.496. The molecule has 1 fully saturated rings. The van der Waals surface area contributed by atoms with E-state index in [1.807, 2.05) is 6.07 Å². The third-order valence-corrected chi connectivity index (χ3v) is 5.14. The first-order chi connectivity index (χ1) is 15.3. The summed E-state index contributed by atoms with van der Waals surface area (Å²) in [4.78, 5) is 23.3. The average molecular weight is 436 g/mol. The molecule has 4 heterocycles. The summed E-state index contributed by atoms with van der Waals surface area (Å²) in [6, 6.07) is 3.14. The number of rotatable bonds is 4. The Balaban J connectivity index is 1.74. The van der Waals surface area contributed by atoms with Gasteiger partial charge >= 0.3 is 5.97 Å². The summed E-state index contributed by atoms with van der Waals surface area (Å²) in [6.07, 6.45) is 6.05. The van der Waals surface area contributed by atoms with E-state index in [1.165, 1.54) is 23.0 Å². The predicted molar refractivity (Wildman–Crippen MR) is 118 cm³/mol. The highest BCUT2D eigenvalue weighted by Gasteiger charge is 2.30. The normalized spacial score (nSPS) is 16.2. The van der Waals surface area contributed by atoms with Crippen LogP contribution >= 0.6 is 0 Å². The van der Waals surface area contributed by atoms with Crippen molar-refractivity contribution in [1.82, 2.24) is 19.6 Å². The molecular weight excluding hydrogens is 411 g/mol. The van der Waals surface area contributed by atoms with E-state index in [1.54, 1.807) is 27.0 Å². The van der Waals surface area contributed by atoms with Gasteiger partial charge in [0, 0.05) is 18.3 Å². The van der Waals surface area contributed by atoms with Crippen molar-refractivity contribution < 1.29 is 13.9 Å². The first-order valence-electron chi connectivity index (χ1n) is 10.5. The lowest BCUT2D eigenvalue weighted by Crippen LogP contribution is -2.29. The highest BCUT2D eigenvalue weighted by molar-refractivity contribution is 5.95. The number of fused-ring (bicyclic) bond motifs is 1. The van der Waals surface area contributed by atoms with Crippen LogP contribution in [0.25, 0.3) is 5.65 Å². The number of aromatic nitrogens is 4. The van der Waals surface area contributed by atoms with Crippen LogP contribution < -0.4 is 10.6 Å². The molecule has 0 amide bonds. The van der Waals surface area contributed by atoms with Crippen LogP contribution in [0.15, 0.2) is 30.7 Å². The molecule has 1 aliphatic rings. The van der Waals surface area contributed by atoms with Crippen molar-refractivity contribution in [3.05, 3.63) is 53.4 Å². The molecule has 1 saturated heterocycles. The minimum atomic E-state index is -0.694. The van der Waals surface area contributed by atoms with E-state index in [9.17, 15) is 9.18 Å². The molecule has 3 aromatic heterocycles. The van der Waals surface area contributed by atoms with Crippen LogP contribution in [-0.4, -0.2) is 44.2 Å². The molecule has 0 spiro atoms. The maximum Gasteiger partial charge on any atom is 0.343 e. The maximum atomic E-state index is 14.2. The lowest BCUT2D eigenvalue weighted by Gasteiger charge is -2.26. The Hall–Kier alpha value is -3.51. The second kappa shape index (κ2) is 8.55. The smallest absolute Gasteiger partial charge is 0.343 e. The molecule has 1 aliphatic heterocycles. The van der Waals surface area contributed by atoms with Gasteiger partial charge in [0.05, 0.1) is 30.6 Å². The van der Waals surface area contributed by atoms with Gasteiger partial charge in [0.25, 0.3) is 0 Å². The molecule has 4 rings (SSSR count). The highest BCUT2D eigenvalue weighted by Crippen LogP contribution is 2.36. The molecule has 3 aromatic rings. The van der Waals surface area contributed by atoms with Crippen molar-refractivity contribution >= 4 is 17.4 Å². The van der Waals surface area contributed by atoms with Crippen LogP contribution in [0.4, 0.5) is 10.2 Å². The number of carbonyl (C=O) groups is 1. The zero-order valence-electron chi connectivity index (χ0n) is 18.3. The van der Waals surface area contributed by atoms with Crippen LogP contribution in [-0.2, 0) is 4.74 Å². The summed E-state index contributed by atoms with van der Waals surface area (Å²) in [6.45, 7) is 6.34. The number of pyridine rings is 1. The minimum absolute atomic E-state index is 0.160. The molecule has 0 aromatic carbocycles. The van der Waals surface area contributed by atoms with E-state index >= 15 is 0 Å². The molecule has 0 radical (unpaired) electrons. The lowest BCUT2D eigenvalue weighted by atomic mass is 10.0. The molecular formula is C23H25FN6O2. The van der Waals surface area contributed by atoms with E-state index in [0.29, 0.717) is 28.3 Å². The molecule has 0 aliphatic carbocycles. The number of hydrogen-bond donors (Lipinski definition) is 1. The molecule has 2 N–H and O–H groups in total. The fraction of sp³-hybridized carbons (Fsp3) is 0.391. The topological polar surface area (TPSA) is 98.6 Å². The van der Waals surface area contributed by atoms with E-state index in [-0.39, 0.29) is 12.6 Å². The Kier molecular flexibility index (Phi) is 5.80. The van der Waals surface area contributed by atoms with Crippen molar-refractivity contribution in [2.75, 3.05) is 18.1 Å². The van der Waals surface area contributed by atoms with Crippen LogP contribution in [0.1, 0.15) is 61.3 Å². The molecule has 9 heteroatoms. The van der Waals surface area contributed by atoms with Crippen molar-refractivity contribution in [1.29, 1.82) is 0 Å². The largest absolute Gasteiger partial charge is 0.462 e. The van der Waals surface area contributed by atoms with Gasteiger partial charge < -0.3 is 15.4 Å². The van der Waals surface area contributed by atoms with Crippen molar-refractivity contribution in [2.45, 2.75) is 45.2 Å². The van der Waals surface area contributed by atoms with E-state index < -0.39 is 17.3 Å². The molecule has 8 nitrogen and oxygen atoms in total. The summed E-state index contributed by atoms with van der Waals surface area (Å²) in [7, 11) is 0. The predicted octanol–water partition coefficient (Wildman–Crippen LogP) is 2.87. The van der Waals surface area contributed by atoms with Crippen LogP contribution in [0, 0.1) is 17.7 Å². The zero-order valence-corrected chi connectivity index (χ0v) is 18.3. The number of halogens is 1. The number of hydrogen-bond acceptors (Lipinski definition) is 7. The highest BCUT2D eigenvalue weighted by atomic mass is 19.1. The van der Waals surface area contributed by atoms with Crippen LogP contribution in [0.2, 0.25) is 0 Å². The Bertz CT molecular complexity index is 1220. The van der Waals surface area contributed by atoms with Gasteiger partial charge in [0.2, 0.25) is 0 Å². The number of nitrogens with zero attached hydrogens (tertiary/aromatic N) is 5. The van der Waals surface area contributed by atoms with Crippen molar-refractivity contribution in [3.8, 4) is 11.8 Å². The van der Waals surface area contributed by atoms with Gasteiger partial charge in [-0.05, 0) is 51.7 Å². The number of esters is 1. The second-order valence-electron chi connectivity index (χ2n) is 8.25. The maximum absolute atomic E-state index is 14.2. The van der Waals surface area contributed by atoms with Gasteiger partial charge in [0.1, 0.15) is 22.9 Å². The van der Waals surface area contributed by atoms with E-state index in [0.717, 1.165) is 19.4 Å². The number of carbonyl (C=O) groups excluding carboxylic acids is 1. The molecule has 166 valence electrons. The van der Waals surface area contributed by atoms with Gasteiger partial charge in [-0.15, -0.1) is 0 Å². The Morgan fingerprint density at radius 1 is 1.41 bits per heavy atom. The molecule has 0 saturated carbocycles. The SMILES string of the molecule is CCOC(=O)c1cnn2ccc(N3CCC[C@@H]3c3cc(F)cnc3C#CC(C)(C)N)nc12. The van der Waals surface area contributed by atoms with E-state index in [4.69, 9.17) is 10.5 Å². The van der Waals surface area contributed by atoms with Crippen LogP contribution in [0.3, 0.4) is 0 Å². The zero-order chi connectivity index (χ0) is 22.9. The Morgan fingerprint density at radius 2 is 2.22 bits per heavy atom.